The van der Waals surface area contributed by atoms with Crippen LogP contribution in [0.5, 0.6) is 0 Å². The molecule has 2 fully saturated rings. The summed E-state index contributed by atoms with van der Waals surface area (Å²) in [4.78, 5) is 23.5. The van der Waals surface area contributed by atoms with Gasteiger partial charge in [-0.15, -0.1) is 0 Å². The van der Waals surface area contributed by atoms with E-state index < -0.39 is 0 Å². The van der Waals surface area contributed by atoms with Crippen LogP contribution >= 0.6 is 0 Å². The Bertz CT molecular complexity index is 398. The number of hydrogen-bond acceptors (Lipinski definition) is 2. The topological polar surface area (TPSA) is 46.2 Å². The fraction of sp³-hybridized carbons (Fsp3) is 0.667. The minimum Gasteiger partial charge on any atom is -0.359 e. The van der Waals surface area contributed by atoms with Crippen molar-refractivity contribution >= 4 is 11.7 Å². The number of fused-ring (bicyclic) bond motifs is 3. The zero-order valence-electron chi connectivity index (χ0n) is 9.04. The molecule has 0 saturated heterocycles. The van der Waals surface area contributed by atoms with E-state index >= 15 is 0 Å². The molecule has 1 N–H and O–H groups in total. The third-order valence-electron chi connectivity index (χ3n) is 4.52. The highest BCUT2D eigenvalue weighted by Gasteiger charge is 2.72. The van der Waals surface area contributed by atoms with Crippen molar-refractivity contribution in [2.75, 3.05) is 7.05 Å². The number of ketones is 1. The molecule has 4 unspecified atom stereocenters. The second-order valence-corrected chi connectivity index (χ2v) is 5.10. The minimum atomic E-state index is -0.288. The molecule has 1 spiro atoms. The molecule has 3 aliphatic carbocycles. The molecular formula is C12H15NO2. The van der Waals surface area contributed by atoms with Crippen molar-refractivity contribution in [3.05, 3.63) is 11.6 Å². The van der Waals surface area contributed by atoms with E-state index in [1.54, 1.807) is 7.05 Å². The number of nitrogens with one attached hydrogen (secondary N) is 1. The Hall–Kier alpha value is -1.12. The molecule has 80 valence electrons. The van der Waals surface area contributed by atoms with Gasteiger partial charge in [0.2, 0.25) is 5.91 Å². The summed E-state index contributed by atoms with van der Waals surface area (Å²) >= 11 is 0. The number of hydrogen-bond donors (Lipinski definition) is 1. The summed E-state index contributed by atoms with van der Waals surface area (Å²) in [6.07, 6.45) is 3.83. The Morgan fingerprint density at radius 3 is 2.80 bits per heavy atom. The van der Waals surface area contributed by atoms with Crippen LogP contribution in [0, 0.1) is 23.2 Å². The Balaban J connectivity index is 2.03. The monoisotopic (exact) mass is 205 g/mol. The van der Waals surface area contributed by atoms with Gasteiger partial charge in [0.1, 0.15) is 5.78 Å². The lowest BCUT2D eigenvalue weighted by molar-refractivity contribution is -0.129. The average Bonchev–Trinajstić information content (AvgIpc) is 2.60. The van der Waals surface area contributed by atoms with Crippen molar-refractivity contribution in [1.29, 1.82) is 0 Å². The molecule has 3 aliphatic rings. The number of amides is 1. The van der Waals surface area contributed by atoms with Crippen molar-refractivity contribution in [3.8, 4) is 0 Å². The van der Waals surface area contributed by atoms with E-state index in [4.69, 9.17) is 0 Å². The predicted molar refractivity (Wildman–Crippen MR) is 55.0 cm³/mol. The quantitative estimate of drug-likeness (QED) is 0.647. The predicted octanol–water partition coefficient (Wildman–Crippen LogP) is 0.904. The standard InChI is InChI=1S/C12H15NO2/c1-6-3-7-4-8(6)12(5-9(12)14)10(7)11(15)13-2/h3,7-8,10H,4-5H2,1-2H3,(H,13,15). The van der Waals surface area contributed by atoms with E-state index in [-0.39, 0.29) is 17.2 Å². The fourth-order valence-corrected chi connectivity index (χ4v) is 3.83. The van der Waals surface area contributed by atoms with E-state index in [1.807, 2.05) is 0 Å². The van der Waals surface area contributed by atoms with Gasteiger partial charge in [-0.25, -0.2) is 0 Å². The highest BCUT2D eigenvalue weighted by molar-refractivity contribution is 6.06. The molecule has 0 aromatic heterocycles. The van der Waals surface area contributed by atoms with E-state index in [0.717, 1.165) is 6.42 Å². The van der Waals surface area contributed by atoms with Crippen LogP contribution in [0.2, 0.25) is 0 Å². The van der Waals surface area contributed by atoms with Crippen molar-refractivity contribution in [3.63, 3.8) is 0 Å². The van der Waals surface area contributed by atoms with E-state index in [9.17, 15) is 9.59 Å². The van der Waals surface area contributed by atoms with Gasteiger partial charge in [0.25, 0.3) is 0 Å². The zero-order chi connectivity index (χ0) is 10.8. The molecule has 1 amide bonds. The van der Waals surface area contributed by atoms with Crippen LogP contribution in [0.1, 0.15) is 19.8 Å². The molecule has 4 atom stereocenters. The van der Waals surface area contributed by atoms with Gasteiger partial charge in [0.15, 0.2) is 0 Å². The van der Waals surface area contributed by atoms with E-state index in [2.05, 4.69) is 18.3 Å². The van der Waals surface area contributed by atoms with E-state index in [0.29, 0.717) is 24.0 Å². The molecule has 2 bridgehead atoms. The number of allylic oxidation sites excluding steroid dienone is 2. The maximum atomic E-state index is 11.8. The number of Topliss-reactive ketones (excluding diaryl/α,β-unsaturated/α-hetero) is 1. The number of rotatable bonds is 1. The van der Waals surface area contributed by atoms with Gasteiger partial charge >= 0.3 is 0 Å². The van der Waals surface area contributed by atoms with Crippen LogP contribution in [-0.2, 0) is 9.59 Å². The number of carbonyl (C=O) groups is 2. The van der Waals surface area contributed by atoms with Gasteiger partial charge in [0.05, 0.1) is 11.3 Å². The molecule has 0 radical (unpaired) electrons. The zero-order valence-corrected chi connectivity index (χ0v) is 9.04. The van der Waals surface area contributed by atoms with Gasteiger partial charge in [0, 0.05) is 13.5 Å². The lowest BCUT2D eigenvalue weighted by atomic mass is 9.76. The van der Waals surface area contributed by atoms with Crippen LogP contribution in [0.25, 0.3) is 0 Å². The first kappa shape index (κ1) is 9.13. The van der Waals surface area contributed by atoms with Crippen molar-refractivity contribution < 1.29 is 9.59 Å². The van der Waals surface area contributed by atoms with Crippen LogP contribution in [0.15, 0.2) is 11.6 Å². The van der Waals surface area contributed by atoms with Crippen LogP contribution in [-0.4, -0.2) is 18.7 Å². The summed E-state index contributed by atoms with van der Waals surface area (Å²) in [5, 5.41) is 2.70. The first-order valence-corrected chi connectivity index (χ1v) is 5.54. The highest BCUT2D eigenvalue weighted by atomic mass is 16.2. The Kier molecular flexibility index (Phi) is 1.53. The fourth-order valence-electron chi connectivity index (χ4n) is 3.83. The molecule has 3 heteroatoms. The average molecular weight is 205 g/mol. The molecule has 15 heavy (non-hydrogen) atoms. The van der Waals surface area contributed by atoms with Crippen LogP contribution in [0.3, 0.4) is 0 Å². The van der Waals surface area contributed by atoms with E-state index in [1.165, 1.54) is 5.57 Å². The first-order chi connectivity index (χ1) is 7.11. The first-order valence-electron chi connectivity index (χ1n) is 5.54. The molecule has 3 nitrogen and oxygen atoms in total. The van der Waals surface area contributed by atoms with Gasteiger partial charge in [-0.2, -0.15) is 0 Å². The maximum absolute atomic E-state index is 11.8. The molecular weight excluding hydrogens is 190 g/mol. The summed E-state index contributed by atoms with van der Waals surface area (Å²) in [5.41, 5.74) is 1.04. The summed E-state index contributed by atoms with van der Waals surface area (Å²) in [7, 11) is 1.66. The van der Waals surface area contributed by atoms with Crippen LogP contribution < -0.4 is 5.32 Å². The molecule has 0 aliphatic heterocycles. The Labute approximate surface area is 88.9 Å². The smallest absolute Gasteiger partial charge is 0.224 e. The third-order valence-corrected chi connectivity index (χ3v) is 4.52. The van der Waals surface area contributed by atoms with Gasteiger partial charge in [-0.05, 0) is 25.2 Å². The van der Waals surface area contributed by atoms with Gasteiger partial charge in [-0.3, -0.25) is 9.59 Å². The minimum absolute atomic E-state index is 0.0529. The lowest BCUT2D eigenvalue weighted by Crippen LogP contribution is -2.38. The molecule has 0 heterocycles. The number of carbonyl (C=O) groups excluding carboxylic acids is 2. The molecule has 0 aromatic carbocycles. The second kappa shape index (κ2) is 2.52. The Morgan fingerprint density at radius 2 is 2.27 bits per heavy atom. The summed E-state index contributed by atoms with van der Waals surface area (Å²) in [5.74, 6) is 0.940. The molecule has 0 aromatic rings. The summed E-state index contributed by atoms with van der Waals surface area (Å²) < 4.78 is 0. The van der Waals surface area contributed by atoms with Crippen molar-refractivity contribution in [2.24, 2.45) is 23.2 Å². The normalized spacial score (nSPS) is 45.9. The van der Waals surface area contributed by atoms with Gasteiger partial charge in [-0.1, -0.05) is 11.6 Å². The van der Waals surface area contributed by atoms with Crippen molar-refractivity contribution in [1.82, 2.24) is 5.32 Å². The highest BCUT2D eigenvalue weighted by Crippen LogP contribution is 2.68. The summed E-state index contributed by atoms with van der Waals surface area (Å²) in [6, 6.07) is 0. The second-order valence-electron chi connectivity index (χ2n) is 5.10. The lowest BCUT2D eigenvalue weighted by Gasteiger charge is -2.27. The third kappa shape index (κ3) is 0.869. The maximum Gasteiger partial charge on any atom is 0.224 e. The van der Waals surface area contributed by atoms with Gasteiger partial charge < -0.3 is 5.32 Å². The molecule has 3 rings (SSSR count). The SMILES string of the molecule is CNC(=O)C1C2C=C(C)C(C2)C12CC2=O. The van der Waals surface area contributed by atoms with Crippen molar-refractivity contribution in [2.45, 2.75) is 19.8 Å². The Morgan fingerprint density at radius 1 is 1.60 bits per heavy atom. The molecule has 2 saturated carbocycles. The summed E-state index contributed by atoms with van der Waals surface area (Å²) in [6.45, 7) is 2.10. The van der Waals surface area contributed by atoms with Crippen LogP contribution in [0.4, 0.5) is 0 Å². The largest absolute Gasteiger partial charge is 0.359 e.